The minimum atomic E-state index is -0.487. The van der Waals surface area contributed by atoms with E-state index < -0.39 is 5.60 Å². The van der Waals surface area contributed by atoms with Crippen molar-refractivity contribution in [2.45, 2.75) is 32.3 Å². The van der Waals surface area contributed by atoms with Crippen molar-refractivity contribution in [3.63, 3.8) is 0 Å². The first-order valence-electron chi connectivity index (χ1n) is 9.40. The molecule has 140 valence electrons. The molecule has 2 atom stereocenters. The number of hydrogen-bond acceptors (Lipinski definition) is 4. The third-order valence-electron chi connectivity index (χ3n) is 5.42. The molecule has 4 rings (SSSR count). The summed E-state index contributed by atoms with van der Waals surface area (Å²) in [6.45, 7) is 6.77. The highest BCUT2D eigenvalue weighted by atomic mass is 16.5. The van der Waals surface area contributed by atoms with Gasteiger partial charge in [0.2, 0.25) is 0 Å². The number of para-hydroxylation sites is 1. The second-order valence-corrected chi connectivity index (χ2v) is 7.47. The fourth-order valence-electron chi connectivity index (χ4n) is 4.09. The lowest BCUT2D eigenvalue weighted by molar-refractivity contribution is -0.140. The Hall–Kier alpha value is -2.75. The first-order chi connectivity index (χ1) is 13.0. The topological polar surface area (TPSA) is 44.8 Å². The van der Waals surface area contributed by atoms with E-state index in [4.69, 9.17) is 14.2 Å². The van der Waals surface area contributed by atoms with Crippen LogP contribution in [0.15, 0.2) is 60.2 Å². The summed E-state index contributed by atoms with van der Waals surface area (Å²) in [6.07, 6.45) is 0. The largest absolute Gasteiger partial charge is 0.493 e. The molecule has 0 saturated heterocycles. The Bertz CT molecular complexity index is 882. The Morgan fingerprint density at radius 1 is 1.11 bits per heavy atom. The lowest BCUT2D eigenvalue weighted by atomic mass is 9.69. The second-order valence-electron chi connectivity index (χ2n) is 7.47. The summed E-state index contributed by atoms with van der Waals surface area (Å²) in [5, 5.41) is 0. The first-order valence-corrected chi connectivity index (χ1v) is 9.40. The number of hydrogen-bond donors (Lipinski definition) is 0. The van der Waals surface area contributed by atoms with Crippen LogP contribution in [0.4, 0.5) is 0 Å². The maximum absolute atomic E-state index is 13.1. The van der Waals surface area contributed by atoms with Crippen molar-refractivity contribution >= 4 is 11.7 Å². The molecule has 27 heavy (non-hydrogen) atoms. The van der Waals surface area contributed by atoms with Crippen LogP contribution in [0.1, 0.15) is 37.8 Å². The lowest BCUT2D eigenvalue weighted by Crippen LogP contribution is -2.48. The Balaban J connectivity index is 1.97. The van der Waals surface area contributed by atoms with Crippen molar-refractivity contribution in [3.8, 4) is 5.75 Å². The SMILES string of the molecule is CCOC(=O)C1=C(c2ccccc2)OC(C)(C)[C@H]2COc3ccccc3[C@@H]12. The highest BCUT2D eigenvalue weighted by Gasteiger charge is 2.51. The van der Waals surface area contributed by atoms with Crippen LogP contribution in [0, 0.1) is 5.92 Å². The first kappa shape index (κ1) is 17.7. The van der Waals surface area contributed by atoms with Gasteiger partial charge in [0, 0.05) is 23.0 Å². The lowest BCUT2D eigenvalue weighted by Gasteiger charge is -2.47. The summed E-state index contributed by atoms with van der Waals surface area (Å²) < 4.78 is 17.9. The third-order valence-corrected chi connectivity index (χ3v) is 5.42. The average Bonchev–Trinajstić information content (AvgIpc) is 2.68. The minimum absolute atomic E-state index is 0.0132. The van der Waals surface area contributed by atoms with E-state index in [0.717, 1.165) is 16.9 Å². The Morgan fingerprint density at radius 3 is 2.56 bits per heavy atom. The molecule has 4 heteroatoms. The Kier molecular flexibility index (Phi) is 4.42. The van der Waals surface area contributed by atoms with Crippen LogP contribution in [0.3, 0.4) is 0 Å². The van der Waals surface area contributed by atoms with Gasteiger partial charge >= 0.3 is 5.97 Å². The van der Waals surface area contributed by atoms with Gasteiger partial charge in [-0.25, -0.2) is 4.79 Å². The molecule has 2 aliphatic heterocycles. The quantitative estimate of drug-likeness (QED) is 0.749. The van der Waals surface area contributed by atoms with E-state index in [1.54, 1.807) is 0 Å². The van der Waals surface area contributed by atoms with Crippen LogP contribution in [-0.4, -0.2) is 24.8 Å². The summed E-state index contributed by atoms with van der Waals surface area (Å²) in [5.74, 6) is 0.994. The summed E-state index contributed by atoms with van der Waals surface area (Å²) in [6, 6.07) is 17.7. The van der Waals surface area contributed by atoms with Gasteiger partial charge in [-0.05, 0) is 26.8 Å². The van der Waals surface area contributed by atoms with Gasteiger partial charge < -0.3 is 14.2 Å². The van der Waals surface area contributed by atoms with E-state index in [1.165, 1.54) is 0 Å². The van der Waals surface area contributed by atoms with Crippen molar-refractivity contribution in [1.82, 2.24) is 0 Å². The van der Waals surface area contributed by atoms with Gasteiger partial charge in [0.05, 0.1) is 18.8 Å². The summed E-state index contributed by atoms with van der Waals surface area (Å²) >= 11 is 0. The molecule has 0 amide bonds. The molecule has 0 radical (unpaired) electrons. The fraction of sp³-hybridized carbons (Fsp3) is 0.348. The Morgan fingerprint density at radius 2 is 1.81 bits per heavy atom. The van der Waals surface area contributed by atoms with E-state index in [9.17, 15) is 4.79 Å². The van der Waals surface area contributed by atoms with Gasteiger partial charge in [0.25, 0.3) is 0 Å². The van der Waals surface area contributed by atoms with Crippen LogP contribution in [-0.2, 0) is 14.3 Å². The van der Waals surface area contributed by atoms with E-state index >= 15 is 0 Å². The van der Waals surface area contributed by atoms with Crippen molar-refractivity contribution in [2.75, 3.05) is 13.2 Å². The number of carbonyl (C=O) groups excluding carboxylic acids is 1. The molecule has 0 fully saturated rings. The number of esters is 1. The molecule has 2 aromatic rings. The molecule has 0 N–H and O–H groups in total. The maximum Gasteiger partial charge on any atom is 0.338 e. The van der Waals surface area contributed by atoms with E-state index in [1.807, 2.05) is 61.5 Å². The summed E-state index contributed by atoms with van der Waals surface area (Å²) in [4.78, 5) is 13.1. The number of carbonyl (C=O) groups is 1. The van der Waals surface area contributed by atoms with Crippen molar-refractivity contribution in [2.24, 2.45) is 5.92 Å². The maximum atomic E-state index is 13.1. The Labute approximate surface area is 159 Å². The zero-order valence-corrected chi connectivity index (χ0v) is 15.9. The monoisotopic (exact) mass is 364 g/mol. The summed E-state index contributed by atoms with van der Waals surface area (Å²) in [5.41, 5.74) is 2.00. The van der Waals surface area contributed by atoms with Crippen LogP contribution in [0.2, 0.25) is 0 Å². The van der Waals surface area contributed by atoms with E-state index in [-0.39, 0.29) is 17.8 Å². The predicted molar refractivity (Wildman–Crippen MR) is 103 cm³/mol. The standard InChI is InChI=1S/C23H24O4/c1-4-25-22(24)20-19-16-12-8-9-13-18(16)26-14-17(19)23(2,3)27-21(20)15-10-6-5-7-11-15/h5-13,17,19H,4,14H2,1-3H3/t17-,19+/m0/s1. The van der Waals surface area contributed by atoms with Crippen molar-refractivity contribution in [1.29, 1.82) is 0 Å². The van der Waals surface area contributed by atoms with Gasteiger partial charge in [-0.15, -0.1) is 0 Å². The zero-order valence-electron chi connectivity index (χ0n) is 15.9. The zero-order chi connectivity index (χ0) is 19.0. The molecular formula is C23H24O4. The average molecular weight is 364 g/mol. The molecule has 0 unspecified atom stereocenters. The normalized spacial score (nSPS) is 22.8. The van der Waals surface area contributed by atoms with Gasteiger partial charge in [-0.3, -0.25) is 0 Å². The van der Waals surface area contributed by atoms with Gasteiger partial charge in [0.15, 0.2) is 0 Å². The van der Waals surface area contributed by atoms with Crippen LogP contribution >= 0.6 is 0 Å². The van der Waals surface area contributed by atoms with Crippen molar-refractivity contribution < 1.29 is 19.0 Å². The third kappa shape index (κ3) is 2.99. The van der Waals surface area contributed by atoms with E-state index in [2.05, 4.69) is 13.8 Å². The van der Waals surface area contributed by atoms with Crippen LogP contribution in [0.5, 0.6) is 5.75 Å². The van der Waals surface area contributed by atoms with Gasteiger partial charge in [-0.1, -0.05) is 48.5 Å². The molecule has 2 aromatic carbocycles. The molecule has 4 nitrogen and oxygen atoms in total. The molecule has 2 aliphatic rings. The highest BCUT2D eigenvalue weighted by molar-refractivity contribution is 5.98. The molecule has 0 aliphatic carbocycles. The van der Waals surface area contributed by atoms with Gasteiger partial charge in [0.1, 0.15) is 17.1 Å². The second kappa shape index (κ2) is 6.76. The molecular weight excluding hydrogens is 340 g/mol. The van der Waals surface area contributed by atoms with Gasteiger partial charge in [-0.2, -0.15) is 0 Å². The summed E-state index contributed by atoms with van der Waals surface area (Å²) in [7, 11) is 0. The molecule has 0 aromatic heterocycles. The molecule has 2 heterocycles. The minimum Gasteiger partial charge on any atom is -0.493 e. The van der Waals surface area contributed by atoms with Crippen LogP contribution in [0.25, 0.3) is 5.76 Å². The smallest absolute Gasteiger partial charge is 0.338 e. The predicted octanol–water partition coefficient (Wildman–Crippen LogP) is 4.56. The van der Waals surface area contributed by atoms with E-state index in [0.29, 0.717) is 24.5 Å². The molecule has 0 saturated carbocycles. The number of ether oxygens (including phenoxy) is 3. The van der Waals surface area contributed by atoms with Crippen LogP contribution < -0.4 is 4.74 Å². The molecule has 0 bridgehead atoms. The number of rotatable bonds is 3. The molecule has 0 spiro atoms. The van der Waals surface area contributed by atoms with Crippen molar-refractivity contribution in [3.05, 3.63) is 71.3 Å². The number of benzene rings is 2. The number of fused-ring (bicyclic) bond motifs is 3. The fourth-order valence-corrected chi connectivity index (χ4v) is 4.09. The highest BCUT2D eigenvalue weighted by Crippen LogP contribution is 2.53.